The first-order chi connectivity index (χ1) is 5.47. The molecule has 1 aromatic rings. The summed E-state index contributed by atoms with van der Waals surface area (Å²) in [5, 5.41) is 0. The molecule has 0 amide bonds. The minimum absolute atomic E-state index is 0. The van der Waals surface area contributed by atoms with Gasteiger partial charge in [0.2, 0.25) is 0 Å². The Bertz CT molecular complexity index is 361. The van der Waals surface area contributed by atoms with E-state index in [2.05, 4.69) is 4.18 Å². The number of hydrogen-bond acceptors (Lipinski definition) is 3. The van der Waals surface area contributed by atoms with Crippen LogP contribution in [-0.4, -0.2) is 31.8 Å². The van der Waals surface area contributed by atoms with Crippen molar-refractivity contribution in [1.29, 1.82) is 0 Å². The van der Waals surface area contributed by atoms with Crippen molar-refractivity contribution < 1.29 is 21.5 Å². The standard InChI is InChI=1S/C6H5FO4S.Li.H/c7-5-1-3-6(4-2-5)11-12(8,9)10;;/h1-4H,(H,8,9,10);;. The van der Waals surface area contributed by atoms with E-state index in [-0.39, 0.29) is 24.6 Å². The van der Waals surface area contributed by atoms with Crippen molar-refractivity contribution in [2.24, 2.45) is 0 Å². The molecule has 0 unspecified atom stereocenters. The first kappa shape index (κ1) is 12.5. The van der Waals surface area contributed by atoms with E-state index in [0.29, 0.717) is 0 Å². The summed E-state index contributed by atoms with van der Waals surface area (Å²) in [7, 11) is -4.51. The van der Waals surface area contributed by atoms with Crippen LogP contribution < -0.4 is 4.18 Å². The molecule has 0 aliphatic heterocycles. The molecule has 0 radical (unpaired) electrons. The maximum atomic E-state index is 12.3. The Kier molecular flexibility index (Phi) is 4.43. The molecule has 0 heterocycles. The maximum absolute atomic E-state index is 12.3. The van der Waals surface area contributed by atoms with E-state index in [1.165, 1.54) is 0 Å². The molecule has 1 aromatic carbocycles. The molecule has 0 bridgehead atoms. The molecule has 1 N–H and O–H groups in total. The molecule has 0 saturated heterocycles. The summed E-state index contributed by atoms with van der Waals surface area (Å²) in [6.45, 7) is 0. The van der Waals surface area contributed by atoms with Gasteiger partial charge in [-0.1, -0.05) is 0 Å². The zero-order valence-corrected chi connectivity index (χ0v) is 6.58. The Hall–Kier alpha value is -0.543. The summed E-state index contributed by atoms with van der Waals surface area (Å²) in [6.07, 6.45) is 0. The molecule has 0 aliphatic rings. The molecule has 13 heavy (non-hydrogen) atoms. The number of benzene rings is 1. The second-order valence-corrected chi connectivity index (χ2v) is 2.99. The van der Waals surface area contributed by atoms with E-state index in [0.717, 1.165) is 24.3 Å². The zero-order chi connectivity index (χ0) is 9.19. The van der Waals surface area contributed by atoms with Crippen LogP contribution in [0.2, 0.25) is 0 Å². The zero-order valence-electron chi connectivity index (χ0n) is 5.77. The molecule has 68 valence electrons. The van der Waals surface area contributed by atoms with Crippen molar-refractivity contribution in [2.75, 3.05) is 0 Å². The molecule has 4 nitrogen and oxygen atoms in total. The fourth-order valence-electron chi connectivity index (χ4n) is 0.612. The summed E-state index contributed by atoms with van der Waals surface area (Å²) in [6, 6.07) is 4.20. The van der Waals surface area contributed by atoms with E-state index in [9.17, 15) is 12.8 Å². The van der Waals surface area contributed by atoms with Crippen LogP contribution in [0.3, 0.4) is 0 Å². The van der Waals surface area contributed by atoms with Gasteiger partial charge in [0.05, 0.1) is 0 Å². The number of halogens is 1. The average Bonchev–Trinajstić information content (AvgIpc) is 1.91. The molecule has 7 heteroatoms. The second-order valence-electron chi connectivity index (χ2n) is 1.96. The van der Waals surface area contributed by atoms with E-state index in [1.54, 1.807) is 0 Å². The summed E-state index contributed by atoms with van der Waals surface area (Å²) < 4.78 is 44.7. The van der Waals surface area contributed by atoms with E-state index in [4.69, 9.17) is 4.55 Å². The quantitative estimate of drug-likeness (QED) is 0.553. The van der Waals surface area contributed by atoms with E-state index < -0.39 is 16.2 Å². The van der Waals surface area contributed by atoms with Gasteiger partial charge in [-0.05, 0) is 24.3 Å². The number of hydrogen-bond donors (Lipinski definition) is 1. The van der Waals surface area contributed by atoms with Crippen molar-refractivity contribution in [3.8, 4) is 5.75 Å². The SMILES string of the molecule is O=S(=O)(O)Oc1ccc(F)cc1.[LiH]. The Balaban J connectivity index is 0.00000144. The first-order valence-corrected chi connectivity index (χ1v) is 4.26. The van der Waals surface area contributed by atoms with Gasteiger partial charge in [-0.2, -0.15) is 8.42 Å². The van der Waals surface area contributed by atoms with Crippen LogP contribution in [0.15, 0.2) is 24.3 Å². The molecule has 0 fully saturated rings. The van der Waals surface area contributed by atoms with Crippen molar-refractivity contribution in [3.63, 3.8) is 0 Å². The topological polar surface area (TPSA) is 63.6 Å². The van der Waals surface area contributed by atoms with E-state index >= 15 is 0 Å². The average molecular weight is 200 g/mol. The molecule has 0 spiro atoms. The van der Waals surface area contributed by atoms with Gasteiger partial charge in [0.1, 0.15) is 11.6 Å². The van der Waals surface area contributed by atoms with Gasteiger partial charge in [0.25, 0.3) is 0 Å². The van der Waals surface area contributed by atoms with Gasteiger partial charge in [0.15, 0.2) is 0 Å². The molecule has 0 aliphatic carbocycles. The molecule has 0 aromatic heterocycles. The monoisotopic (exact) mass is 200 g/mol. The third-order valence-corrected chi connectivity index (χ3v) is 1.42. The molecule has 0 atom stereocenters. The van der Waals surface area contributed by atoms with Crippen LogP contribution in [0.25, 0.3) is 0 Å². The van der Waals surface area contributed by atoms with Crippen molar-refractivity contribution in [3.05, 3.63) is 30.1 Å². The summed E-state index contributed by atoms with van der Waals surface area (Å²) in [4.78, 5) is 0. The van der Waals surface area contributed by atoms with Crippen LogP contribution in [0.5, 0.6) is 5.75 Å². The van der Waals surface area contributed by atoms with Gasteiger partial charge in [0, 0.05) is 0 Å². The Labute approximate surface area is 86.8 Å². The van der Waals surface area contributed by atoms with Gasteiger partial charge in [-0.3, -0.25) is 4.55 Å². The summed E-state index contributed by atoms with van der Waals surface area (Å²) in [5.41, 5.74) is 0. The van der Waals surface area contributed by atoms with Crippen molar-refractivity contribution >= 4 is 29.3 Å². The predicted octanol–water partition coefficient (Wildman–Crippen LogP) is 0.359. The molecule has 1 rings (SSSR count). The van der Waals surface area contributed by atoms with Crippen LogP contribution in [0.4, 0.5) is 4.39 Å². The predicted molar refractivity (Wildman–Crippen MR) is 45.7 cm³/mol. The minimum atomic E-state index is -4.51. The fourth-order valence-corrected chi connectivity index (χ4v) is 0.966. The Morgan fingerprint density at radius 2 is 1.69 bits per heavy atom. The molecular formula is C6H6FLiO4S. The Morgan fingerprint density at radius 1 is 1.23 bits per heavy atom. The van der Waals surface area contributed by atoms with Gasteiger partial charge in [-0.25, -0.2) is 4.39 Å². The number of rotatable bonds is 2. The van der Waals surface area contributed by atoms with Crippen LogP contribution in [0, 0.1) is 5.82 Å². The molecular weight excluding hydrogens is 194 g/mol. The second kappa shape index (κ2) is 4.63. The Morgan fingerprint density at radius 3 is 2.08 bits per heavy atom. The van der Waals surface area contributed by atoms with Crippen LogP contribution in [0.1, 0.15) is 0 Å². The first-order valence-electron chi connectivity index (χ1n) is 2.90. The summed E-state index contributed by atoms with van der Waals surface area (Å²) in [5.74, 6) is -0.656. The van der Waals surface area contributed by atoms with Crippen LogP contribution >= 0.6 is 0 Å². The van der Waals surface area contributed by atoms with Crippen molar-refractivity contribution in [1.82, 2.24) is 0 Å². The third-order valence-electron chi connectivity index (χ3n) is 1.02. The van der Waals surface area contributed by atoms with Gasteiger partial charge >= 0.3 is 29.3 Å². The third kappa shape index (κ3) is 4.90. The molecule has 0 saturated carbocycles. The van der Waals surface area contributed by atoms with E-state index in [1.807, 2.05) is 0 Å². The summed E-state index contributed by atoms with van der Waals surface area (Å²) >= 11 is 0. The van der Waals surface area contributed by atoms with Gasteiger partial charge < -0.3 is 4.18 Å². The van der Waals surface area contributed by atoms with Gasteiger partial charge in [-0.15, -0.1) is 0 Å². The fraction of sp³-hybridized carbons (Fsp3) is 0. The normalized spacial score (nSPS) is 10.3. The van der Waals surface area contributed by atoms with Crippen molar-refractivity contribution in [2.45, 2.75) is 0 Å². The van der Waals surface area contributed by atoms with Crippen LogP contribution in [-0.2, 0) is 10.4 Å².